The normalized spacial score (nSPS) is 11.8. The fourth-order valence-electron chi connectivity index (χ4n) is 6.07. The predicted molar refractivity (Wildman–Crippen MR) is 213 cm³/mol. The van der Waals surface area contributed by atoms with E-state index in [4.69, 9.17) is 0 Å². The van der Waals surface area contributed by atoms with Crippen molar-refractivity contribution in [3.63, 3.8) is 0 Å². The maximum Gasteiger partial charge on any atom is 0.0528 e. The molecule has 230 valence electrons. The van der Waals surface area contributed by atoms with Gasteiger partial charge in [-0.2, -0.15) is 0 Å². The monoisotopic (exact) mass is 706 g/mol. The van der Waals surface area contributed by atoms with Crippen LogP contribution in [0.4, 0.5) is 0 Å². The first-order valence-electron chi connectivity index (χ1n) is 16.1. The van der Waals surface area contributed by atoms with Crippen LogP contribution in [0.2, 0.25) is 0 Å². The van der Waals surface area contributed by atoms with Crippen molar-refractivity contribution in [2.24, 2.45) is 0 Å². The van der Waals surface area contributed by atoms with Crippen molar-refractivity contribution in [2.45, 2.75) is 52.4 Å². The van der Waals surface area contributed by atoms with Crippen LogP contribution in [0.3, 0.4) is 0 Å². The Morgan fingerprint density at radius 2 is 0.674 bits per heavy atom. The molecule has 0 fully saturated rings. The van der Waals surface area contributed by atoms with Gasteiger partial charge in [0.05, 0.1) is 19.5 Å². The Morgan fingerprint density at radius 3 is 1.04 bits per heavy atom. The van der Waals surface area contributed by atoms with E-state index < -0.39 is 0 Å². The molecular weight excluding hydrogens is 673 g/mol. The Hall–Kier alpha value is -2.84. The van der Waals surface area contributed by atoms with Crippen LogP contribution in [-0.2, 0) is 12.8 Å². The lowest BCUT2D eigenvalue weighted by Gasteiger charge is -1.96. The molecule has 0 aliphatic heterocycles. The third-order valence-electron chi connectivity index (χ3n) is 8.47. The molecule has 0 bridgehead atoms. The number of unbranched alkanes of at least 4 members (excludes halogenated alkanes) is 2. The topological polar surface area (TPSA) is 0 Å². The van der Waals surface area contributed by atoms with Crippen LogP contribution in [-0.4, -0.2) is 0 Å². The molecule has 8 aromatic rings. The van der Waals surface area contributed by atoms with Crippen molar-refractivity contribution in [3.05, 3.63) is 107 Å². The minimum Gasteiger partial charge on any atom is -0.139 e. The molecule has 0 saturated carbocycles. The van der Waals surface area contributed by atoms with Crippen molar-refractivity contribution in [2.75, 3.05) is 0 Å². The van der Waals surface area contributed by atoms with Gasteiger partial charge in [0.1, 0.15) is 0 Å². The molecule has 0 saturated heterocycles. The number of aryl methyl sites for hydroxylation is 2. The minimum atomic E-state index is 1.19. The molecule has 46 heavy (non-hydrogen) atoms. The molecule has 0 amide bonds. The van der Waals surface area contributed by atoms with Crippen LogP contribution < -0.4 is 0 Å². The van der Waals surface area contributed by atoms with Gasteiger partial charge in [-0.25, -0.2) is 0 Å². The van der Waals surface area contributed by atoms with Gasteiger partial charge in [-0.3, -0.25) is 0 Å². The second-order valence-corrected chi connectivity index (χ2v) is 18.2. The lowest BCUT2D eigenvalue weighted by molar-refractivity contribution is 0.804. The molecule has 0 aliphatic rings. The van der Waals surface area contributed by atoms with E-state index in [0.717, 1.165) is 0 Å². The fraction of sp³-hybridized carbons (Fsp3) is 0.200. The summed E-state index contributed by atoms with van der Waals surface area (Å²) in [6, 6.07) is 36.7. The Balaban J connectivity index is 1.12. The number of rotatable bonds is 11. The zero-order chi connectivity index (χ0) is 31.0. The third-order valence-corrected chi connectivity index (χ3v) is 16.3. The Bertz CT molecular complexity index is 2100. The lowest BCUT2D eigenvalue weighted by Crippen LogP contribution is -1.76. The highest BCUT2D eigenvalue weighted by atomic mass is 32.1. The summed E-state index contributed by atoms with van der Waals surface area (Å²) >= 11 is 11.7. The second kappa shape index (κ2) is 13.3. The molecule has 6 heteroatoms. The smallest absolute Gasteiger partial charge is 0.0528 e. The summed E-state index contributed by atoms with van der Waals surface area (Å²) in [7, 11) is 0. The van der Waals surface area contributed by atoms with E-state index >= 15 is 0 Å². The standard InChI is InChI=1S/C40H34S6/c1-3-5-11-25-17-19-33(41-25)37-27-13-7-9-15-29(27)39(45-37)35-23-21-31(43-35)32-22-24-36(44-32)40-30-16-10-8-14-28(30)38(46-40)34-20-18-26(42-34)12-6-4-2/h7-10,13-24H,3-6,11-12H2,1-2H3. The van der Waals surface area contributed by atoms with E-state index in [1.54, 1.807) is 0 Å². The van der Waals surface area contributed by atoms with Gasteiger partial charge in [0.25, 0.3) is 0 Å². The molecule has 0 unspecified atom stereocenters. The van der Waals surface area contributed by atoms with Crippen LogP contribution >= 0.6 is 68.0 Å². The van der Waals surface area contributed by atoms with Crippen LogP contribution in [0.1, 0.15) is 49.3 Å². The summed E-state index contributed by atoms with van der Waals surface area (Å²) in [5.41, 5.74) is 0. The fourth-order valence-corrected chi connectivity index (χ4v) is 13.3. The minimum absolute atomic E-state index is 1.19. The average Bonchev–Trinajstić information content (AvgIpc) is 3.93. The van der Waals surface area contributed by atoms with E-state index in [9.17, 15) is 0 Å². The van der Waals surface area contributed by atoms with E-state index in [2.05, 4.69) is 111 Å². The number of thiophene rings is 6. The van der Waals surface area contributed by atoms with Crippen LogP contribution in [0.25, 0.3) is 70.3 Å². The molecule has 8 rings (SSSR count). The summed E-state index contributed by atoms with van der Waals surface area (Å²) in [5.74, 6) is 0. The Morgan fingerprint density at radius 1 is 0.348 bits per heavy atom. The van der Waals surface area contributed by atoms with E-state index in [1.165, 1.54) is 119 Å². The SMILES string of the molecule is CCCCc1ccc(-c2sc(-c3ccc(-c4ccc(-c5sc(-c6ccc(CCCC)s6)c6ccccc56)s4)s3)c3ccccc23)s1. The summed E-state index contributed by atoms with van der Waals surface area (Å²) in [6.45, 7) is 4.55. The summed E-state index contributed by atoms with van der Waals surface area (Å²) in [4.78, 5) is 16.8. The van der Waals surface area contributed by atoms with Gasteiger partial charge in [-0.1, -0.05) is 75.2 Å². The highest BCUT2D eigenvalue weighted by Crippen LogP contribution is 2.51. The third kappa shape index (κ3) is 5.78. The first kappa shape index (κ1) is 30.5. The molecule has 6 heterocycles. The zero-order valence-electron chi connectivity index (χ0n) is 25.9. The van der Waals surface area contributed by atoms with Crippen molar-refractivity contribution >= 4 is 89.6 Å². The van der Waals surface area contributed by atoms with Crippen molar-refractivity contribution in [3.8, 4) is 48.8 Å². The van der Waals surface area contributed by atoms with Gasteiger partial charge in [0.15, 0.2) is 0 Å². The maximum atomic E-state index is 2.34. The Kier molecular flexibility index (Phi) is 8.85. The first-order chi connectivity index (χ1) is 22.7. The molecule has 6 aromatic heterocycles. The molecule has 0 radical (unpaired) electrons. The van der Waals surface area contributed by atoms with E-state index in [1.807, 2.05) is 68.0 Å². The van der Waals surface area contributed by atoms with Crippen LogP contribution in [0.5, 0.6) is 0 Å². The molecule has 0 nitrogen and oxygen atoms in total. The van der Waals surface area contributed by atoms with Gasteiger partial charge in [0, 0.05) is 60.6 Å². The quantitative estimate of drug-likeness (QED) is 0.126. The molecular formula is C40H34S6. The van der Waals surface area contributed by atoms with Crippen molar-refractivity contribution < 1.29 is 0 Å². The van der Waals surface area contributed by atoms with Crippen molar-refractivity contribution in [1.29, 1.82) is 0 Å². The number of hydrogen-bond donors (Lipinski definition) is 0. The summed E-state index contributed by atoms with van der Waals surface area (Å²) in [6.07, 6.45) is 7.38. The van der Waals surface area contributed by atoms with E-state index in [0.29, 0.717) is 0 Å². The lowest BCUT2D eigenvalue weighted by atomic mass is 10.1. The number of benzene rings is 2. The second-order valence-electron chi connectivity index (χ2n) is 11.7. The van der Waals surface area contributed by atoms with Gasteiger partial charge < -0.3 is 0 Å². The highest BCUT2D eigenvalue weighted by Gasteiger charge is 2.20. The maximum absolute atomic E-state index is 2.34. The molecule has 0 spiro atoms. The van der Waals surface area contributed by atoms with Crippen molar-refractivity contribution in [1.82, 2.24) is 0 Å². The van der Waals surface area contributed by atoms with E-state index in [-0.39, 0.29) is 0 Å². The van der Waals surface area contributed by atoms with Gasteiger partial charge in [0.2, 0.25) is 0 Å². The molecule has 2 aromatic carbocycles. The number of hydrogen-bond acceptors (Lipinski definition) is 6. The molecule has 0 aliphatic carbocycles. The van der Waals surface area contributed by atoms with Gasteiger partial charge in [-0.15, -0.1) is 68.0 Å². The van der Waals surface area contributed by atoms with Gasteiger partial charge in [-0.05, 0) is 74.2 Å². The predicted octanol–water partition coefficient (Wildman–Crippen LogP) is 15.4. The number of fused-ring (bicyclic) bond motifs is 2. The first-order valence-corrected chi connectivity index (χ1v) is 21.0. The average molecular weight is 707 g/mol. The molecule has 0 N–H and O–H groups in total. The summed E-state index contributed by atoms with van der Waals surface area (Å²) < 4.78 is 0. The van der Waals surface area contributed by atoms with Crippen LogP contribution in [0.15, 0.2) is 97.1 Å². The Labute approximate surface area is 295 Å². The zero-order valence-corrected chi connectivity index (χ0v) is 30.8. The van der Waals surface area contributed by atoms with Gasteiger partial charge >= 0.3 is 0 Å². The highest BCUT2D eigenvalue weighted by molar-refractivity contribution is 7.31. The summed E-state index contributed by atoms with van der Waals surface area (Å²) in [5, 5.41) is 5.50. The largest absolute Gasteiger partial charge is 0.139 e. The molecule has 0 atom stereocenters. The van der Waals surface area contributed by atoms with Crippen LogP contribution in [0, 0.1) is 0 Å².